The Morgan fingerprint density at radius 1 is 0.711 bits per heavy atom. The largest absolute Gasteiger partial charge is 0.490 e. The average Bonchev–Trinajstić information content (AvgIpc) is 2.87. The molecule has 0 heterocycles. The van der Waals surface area contributed by atoms with E-state index in [1.165, 1.54) is 19.8 Å². The third-order valence-corrected chi connectivity index (χ3v) is 7.24. The number of ether oxygens (including phenoxy) is 6. The molecule has 2 rings (SSSR count). The van der Waals surface area contributed by atoms with Crippen LogP contribution in [0.15, 0.2) is 36.4 Å². The number of alkyl halides is 3. The minimum Gasteiger partial charge on any atom is -0.490 e. The van der Waals surface area contributed by atoms with Gasteiger partial charge in [-0.3, -0.25) is 0 Å². The van der Waals surface area contributed by atoms with Crippen LogP contribution in [0.5, 0.6) is 11.5 Å². The summed E-state index contributed by atoms with van der Waals surface area (Å²) in [5.74, 6) is 0.940. The van der Waals surface area contributed by atoms with Crippen LogP contribution in [0.25, 0.3) is 0 Å². The lowest BCUT2D eigenvalue weighted by Gasteiger charge is -2.42. The average molecular weight is 543 g/mol. The van der Waals surface area contributed by atoms with Crippen LogP contribution in [0, 0.1) is 5.41 Å². The predicted molar refractivity (Wildman–Crippen MR) is 139 cm³/mol. The topological polar surface area (TPSA) is 55.4 Å². The highest BCUT2D eigenvalue weighted by molar-refractivity contribution is 5.45. The monoisotopic (exact) mass is 542 g/mol. The van der Waals surface area contributed by atoms with Crippen molar-refractivity contribution >= 4 is 0 Å². The predicted octanol–water partition coefficient (Wildman–Crippen LogP) is 7.12. The van der Waals surface area contributed by atoms with Crippen molar-refractivity contribution in [2.75, 3.05) is 41.0 Å². The van der Waals surface area contributed by atoms with Crippen molar-refractivity contribution in [2.24, 2.45) is 5.41 Å². The van der Waals surface area contributed by atoms with Gasteiger partial charge in [-0.15, -0.1) is 0 Å². The normalized spacial score (nSPS) is 12.6. The molecule has 0 saturated carbocycles. The van der Waals surface area contributed by atoms with Gasteiger partial charge < -0.3 is 28.4 Å². The lowest BCUT2D eigenvalue weighted by molar-refractivity contribution is -0.137. The van der Waals surface area contributed by atoms with Crippen molar-refractivity contribution in [3.63, 3.8) is 0 Å². The Labute approximate surface area is 224 Å². The van der Waals surface area contributed by atoms with Crippen LogP contribution in [0.4, 0.5) is 13.2 Å². The van der Waals surface area contributed by atoms with E-state index < -0.39 is 11.7 Å². The number of rotatable bonds is 16. The summed E-state index contributed by atoms with van der Waals surface area (Å²) >= 11 is 0. The minimum atomic E-state index is -4.54. The molecule has 0 aliphatic carbocycles. The van der Waals surface area contributed by atoms with Crippen LogP contribution in [0.2, 0.25) is 0 Å². The van der Waals surface area contributed by atoms with E-state index in [-0.39, 0.29) is 67.7 Å². The minimum absolute atomic E-state index is 0.0193. The van der Waals surface area contributed by atoms with Crippen molar-refractivity contribution in [1.29, 1.82) is 0 Å². The van der Waals surface area contributed by atoms with Gasteiger partial charge in [-0.1, -0.05) is 53.2 Å². The number of benzene rings is 2. The summed E-state index contributed by atoms with van der Waals surface area (Å²) in [5, 5.41) is 0. The third-order valence-electron chi connectivity index (χ3n) is 7.24. The number of methoxy groups -OCH3 is 2. The molecular weight excluding hydrogens is 501 g/mol. The van der Waals surface area contributed by atoms with Gasteiger partial charge in [0.05, 0.1) is 18.8 Å². The van der Waals surface area contributed by atoms with E-state index in [0.717, 1.165) is 18.6 Å². The van der Waals surface area contributed by atoms with Gasteiger partial charge in [-0.2, -0.15) is 13.2 Å². The zero-order chi connectivity index (χ0) is 28.4. The lowest BCUT2D eigenvalue weighted by atomic mass is 9.63. The molecule has 0 radical (unpaired) electrons. The molecule has 2 aromatic rings. The molecule has 0 unspecified atom stereocenters. The van der Waals surface area contributed by atoms with Gasteiger partial charge in [0.15, 0.2) is 0 Å². The van der Waals surface area contributed by atoms with Gasteiger partial charge >= 0.3 is 6.18 Å². The fraction of sp³-hybridized carbons (Fsp3) is 0.586. The second-order valence-corrected chi connectivity index (χ2v) is 10.2. The van der Waals surface area contributed by atoms with Gasteiger partial charge in [0.25, 0.3) is 0 Å². The van der Waals surface area contributed by atoms with Gasteiger partial charge in [-0.25, -0.2) is 0 Å². The van der Waals surface area contributed by atoms with Crippen molar-refractivity contribution in [3.8, 4) is 11.5 Å². The van der Waals surface area contributed by atoms with Crippen LogP contribution < -0.4 is 9.47 Å². The first-order valence-electron chi connectivity index (χ1n) is 12.6. The summed E-state index contributed by atoms with van der Waals surface area (Å²) in [5.41, 5.74) is 0.979. The van der Waals surface area contributed by atoms with Crippen LogP contribution in [0.3, 0.4) is 0 Å². The van der Waals surface area contributed by atoms with Crippen molar-refractivity contribution in [1.82, 2.24) is 0 Å². The van der Waals surface area contributed by atoms with Crippen LogP contribution >= 0.6 is 0 Å². The van der Waals surface area contributed by atoms with Gasteiger partial charge in [0, 0.05) is 25.3 Å². The molecule has 38 heavy (non-hydrogen) atoms. The molecule has 9 heteroatoms. The number of hydrogen-bond acceptors (Lipinski definition) is 6. The van der Waals surface area contributed by atoms with E-state index in [2.05, 4.69) is 46.8 Å². The highest BCUT2D eigenvalue weighted by atomic mass is 19.4. The fourth-order valence-corrected chi connectivity index (χ4v) is 3.89. The Hall–Kier alpha value is -2.33. The Balaban J connectivity index is 2.15. The smallest absolute Gasteiger partial charge is 0.416 e. The van der Waals surface area contributed by atoms with Crippen molar-refractivity contribution in [2.45, 2.75) is 65.8 Å². The lowest BCUT2D eigenvalue weighted by Crippen LogP contribution is -2.35. The summed E-state index contributed by atoms with van der Waals surface area (Å²) in [4.78, 5) is 0. The summed E-state index contributed by atoms with van der Waals surface area (Å²) in [6.07, 6.45) is -3.49. The molecule has 0 spiro atoms. The molecular formula is C29H41F3O6. The summed E-state index contributed by atoms with van der Waals surface area (Å²) < 4.78 is 72.8. The Morgan fingerprint density at radius 2 is 1.21 bits per heavy atom. The van der Waals surface area contributed by atoms with E-state index in [4.69, 9.17) is 28.4 Å². The van der Waals surface area contributed by atoms with Gasteiger partial charge in [0.1, 0.15) is 38.3 Å². The molecule has 0 aliphatic heterocycles. The van der Waals surface area contributed by atoms with E-state index >= 15 is 0 Å². The van der Waals surface area contributed by atoms with Crippen LogP contribution in [-0.4, -0.2) is 41.0 Å². The highest BCUT2D eigenvalue weighted by Gasteiger charge is 2.36. The number of hydrogen-bond donors (Lipinski definition) is 0. The second kappa shape index (κ2) is 14.2. The molecule has 0 aliphatic rings. The zero-order valence-electron chi connectivity index (χ0n) is 23.5. The SMILES string of the molecule is CCC(C)(C)C(C)(C)c1ccc(OCCOc2c(COCOC)cc(C(F)(F)F)cc2COCOC)cc1. The molecule has 0 fully saturated rings. The molecule has 0 bridgehead atoms. The van der Waals surface area contributed by atoms with Crippen LogP contribution in [0.1, 0.15) is 63.3 Å². The molecule has 0 saturated heterocycles. The Morgan fingerprint density at radius 3 is 1.66 bits per heavy atom. The van der Waals surface area contributed by atoms with Crippen molar-refractivity contribution in [3.05, 3.63) is 58.7 Å². The summed E-state index contributed by atoms with van der Waals surface area (Å²) in [6, 6.07) is 10.0. The van der Waals surface area contributed by atoms with E-state index in [9.17, 15) is 13.2 Å². The van der Waals surface area contributed by atoms with Gasteiger partial charge in [-0.05, 0) is 40.7 Å². The third kappa shape index (κ3) is 8.59. The molecule has 0 aromatic heterocycles. The summed E-state index contributed by atoms with van der Waals surface area (Å²) in [6.45, 7) is 11.1. The quantitative estimate of drug-likeness (QED) is 0.166. The molecule has 0 amide bonds. The summed E-state index contributed by atoms with van der Waals surface area (Å²) in [7, 11) is 2.87. The van der Waals surface area contributed by atoms with Gasteiger partial charge in [0.2, 0.25) is 0 Å². The highest BCUT2D eigenvalue weighted by Crippen LogP contribution is 2.44. The Bertz CT molecular complexity index is 956. The second-order valence-electron chi connectivity index (χ2n) is 10.2. The zero-order valence-corrected chi connectivity index (χ0v) is 23.5. The van der Waals surface area contributed by atoms with Crippen molar-refractivity contribution < 1.29 is 41.6 Å². The maximum Gasteiger partial charge on any atom is 0.416 e. The van der Waals surface area contributed by atoms with E-state index in [1.54, 1.807) is 0 Å². The molecule has 214 valence electrons. The Kier molecular flexibility index (Phi) is 11.9. The number of halogens is 3. The molecule has 2 aromatic carbocycles. The van der Waals surface area contributed by atoms with Crippen LogP contribution in [-0.2, 0) is 43.8 Å². The molecule has 0 N–H and O–H groups in total. The maximum atomic E-state index is 13.5. The fourth-order valence-electron chi connectivity index (χ4n) is 3.89. The first kappa shape index (κ1) is 31.9. The van der Waals surface area contributed by atoms with E-state index in [1.807, 2.05) is 12.1 Å². The van der Waals surface area contributed by atoms with E-state index in [0.29, 0.717) is 5.75 Å². The first-order chi connectivity index (χ1) is 17.9. The first-order valence-corrected chi connectivity index (χ1v) is 12.6. The molecule has 6 nitrogen and oxygen atoms in total. The standard InChI is InChI=1S/C29H41F3O6/c1-8-27(2,3)28(4,5)23-9-11-25(12-10-23)37-13-14-38-26-21(17-35-19-33-6)15-24(29(30,31)32)16-22(26)18-36-20-34-7/h9-12,15-16H,8,13-14,17-20H2,1-7H3. The molecule has 0 atom stereocenters. The maximum absolute atomic E-state index is 13.5.